The van der Waals surface area contributed by atoms with E-state index in [0.717, 1.165) is 4.90 Å². The average molecular weight is 612 g/mol. The second-order valence-corrected chi connectivity index (χ2v) is 13.4. The Morgan fingerprint density at radius 2 is 1.39 bits per heavy atom. The quantitative estimate of drug-likeness (QED) is 0.237. The lowest BCUT2D eigenvalue weighted by Gasteiger charge is -2.23. The highest BCUT2D eigenvalue weighted by Gasteiger charge is 2.24. The largest absolute Gasteiger partial charge is 0.322 e. The van der Waals surface area contributed by atoms with Gasteiger partial charge in [-0.3, -0.25) is 9.10 Å². The first-order valence-electron chi connectivity index (χ1n) is 12.5. The maximum absolute atomic E-state index is 13.2. The van der Waals surface area contributed by atoms with Crippen LogP contribution in [0.1, 0.15) is 28.7 Å². The fourth-order valence-electron chi connectivity index (χ4n) is 4.02. The van der Waals surface area contributed by atoms with Crippen molar-refractivity contribution in [1.29, 1.82) is 0 Å². The van der Waals surface area contributed by atoms with Crippen molar-refractivity contribution in [3.05, 3.63) is 95.8 Å². The van der Waals surface area contributed by atoms with Crippen molar-refractivity contribution in [2.45, 2.75) is 35.5 Å². The maximum Gasteiger partial charge on any atom is 0.264 e. The average Bonchev–Trinajstić information content (AvgIpc) is 2.93. The van der Waals surface area contributed by atoms with Crippen molar-refractivity contribution in [3.8, 4) is 0 Å². The van der Waals surface area contributed by atoms with E-state index < -0.39 is 26.0 Å². The Bertz CT molecular complexity index is 1740. The van der Waals surface area contributed by atoms with Gasteiger partial charge >= 0.3 is 0 Å². The molecule has 0 unspecified atom stereocenters. The lowest BCUT2D eigenvalue weighted by molar-refractivity contribution is 0.102. The normalized spacial score (nSPS) is 11.6. The van der Waals surface area contributed by atoms with Crippen LogP contribution in [0.15, 0.2) is 93.5 Å². The first-order chi connectivity index (χ1) is 19.4. The van der Waals surface area contributed by atoms with Crippen LogP contribution in [0.3, 0.4) is 0 Å². The highest BCUT2D eigenvalue weighted by Crippen LogP contribution is 2.26. The van der Waals surface area contributed by atoms with Gasteiger partial charge in [0.05, 0.1) is 15.5 Å². The van der Waals surface area contributed by atoms with Gasteiger partial charge < -0.3 is 5.32 Å². The SMILES string of the molecule is CCN(c1ccc(C(=O)Nc2ccc(S(=O)(=O)Nc3nc(C)cc(C)n3)cc2)cc1)S(=O)(=O)c1ccc(SC)cc1. The van der Waals surface area contributed by atoms with Crippen molar-refractivity contribution >= 4 is 55.0 Å². The molecular weight excluding hydrogens is 583 g/mol. The molecule has 1 heterocycles. The highest BCUT2D eigenvalue weighted by atomic mass is 32.2. The standard InChI is InChI=1S/C28H29N5O5S3/c1-5-33(41(37,38)26-16-12-24(39-4)13-17-26)23-10-6-21(7-11-23)27(34)31-22-8-14-25(15-9-22)40(35,36)32-28-29-19(2)18-20(3)30-28/h6-18H,5H2,1-4H3,(H,31,34)(H,29,30,32). The second-order valence-electron chi connectivity index (χ2n) is 8.95. The van der Waals surface area contributed by atoms with Crippen molar-refractivity contribution < 1.29 is 21.6 Å². The number of sulfonamides is 2. The first kappa shape index (κ1) is 30.0. The zero-order valence-electron chi connectivity index (χ0n) is 22.8. The number of nitrogens with zero attached hydrogens (tertiary/aromatic N) is 3. The summed E-state index contributed by atoms with van der Waals surface area (Å²) >= 11 is 1.53. The van der Waals surface area contributed by atoms with Gasteiger partial charge in [0.2, 0.25) is 5.95 Å². The van der Waals surface area contributed by atoms with Gasteiger partial charge in [-0.05, 0) is 106 Å². The van der Waals surface area contributed by atoms with Gasteiger partial charge in [-0.2, -0.15) is 0 Å². The van der Waals surface area contributed by atoms with Crippen LogP contribution in [0.4, 0.5) is 17.3 Å². The number of anilines is 3. The second kappa shape index (κ2) is 12.3. The summed E-state index contributed by atoms with van der Waals surface area (Å²) in [6.07, 6.45) is 1.92. The minimum Gasteiger partial charge on any atom is -0.322 e. The molecule has 0 fully saturated rings. The van der Waals surface area contributed by atoms with Gasteiger partial charge in [-0.1, -0.05) is 0 Å². The van der Waals surface area contributed by atoms with E-state index in [2.05, 4.69) is 20.0 Å². The lowest BCUT2D eigenvalue weighted by Crippen LogP contribution is -2.30. The zero-order chi connectivity index (χ0) is 29.8. The van der Waals surface area contributed by atoms with Crippen LogP contribution < -0.4 is 14.3 Å². The molecule has 0 aliphatic rings. The van der Waals surface area contributed by atoms with Crippen LogP contribution in [0.5, 0.6) is 0 Å². The maximum atomic E-state index is 13.2. The smallest absolute Gasteiger partial charge is 0.264 e. The van der Waals surface area contributed by atoms with Crippen LogP contribution in [-0.4, -0.2) is 45.5 Å². The van der Waals surface area contributed by atoms with E-state index in [-0.39, 0.29) is 22.3 Å². The highest BCUT2D eigenvalue weighted by molar-refractivity contribution is 7.98. The topological polar surface area (TPSA) is 138 Å². The van der Waals surface area contributed by atoms with Gasteiger partial charge in [-0.15, -0.1) is 11.8 Å². The number of hydrogen-bond acceptors (Lipinski definition) is 8. The molecule has 2 N–H and O–H groups in total. The molecular formula is C28H29N5O5S3. The van der Waals surface area contributed by atoms with Gasteiger partial charge in [0.25, 0.3) is 26.0 Å². The number of aromatic nitrogens is 2. The summed E-state index contributed by atoms with van der Waals surface area (Å²) in [5.41, 5.74) is 2.37. The van der Waals surface area contributed by atoms with Crippen molar-refractivity contribution in [2.24, 2.45) is 0 Å². The van der Waals surface area contributed by atoms with E-state index in [1.165, 1.54) is 52.5 Å². The van der Waals surface area contributed by atoms with E-state index in [0.29, 0.717) is 28.3 Å². The Labute approximate surface area is 244 Å². The van der Waals surface area contributed by atoms with Crippen molar-refractivity contribution in [2.75, 3.05) is 27.1 Å². The van der Waals surface area contributed by atoms with Crippen LogP contribution in [0.2, 0.25) is 0 Å². The number of amides is 1. The lowest BCUT2D eigenvalue weighted by atomic mass is 10.2. The Kier molecular flexibility index (Phi) is 9.00. The van der Waals surface area contributed by atoms with Crippen LogP contribution in [0, 0.1) is 13.8 Å². The summed E-state index contributed by atoms with van der Waals surface area (Å²) < 4.78 is 55.6. The Balaban J connectivity index is 1.45. The van der Waals surface area contributed by atoms with Crippen LogP contribution in [0.25, 0.3) is 0 Å². The summed E-state index contributed by atoms with van der Waals surface area (Å²) in [7, 11) is -7.73. The van der Waals surface area contributed by atoms with E-state index >= 15 is 0 Å². The summed E-state index contributed by atoms with van der Waals surface area (Å²) in [6, 6.07) is 20.3. The Hall–Kier alpha value is -3.94. The number of rotatable bonds is 10. The number of aryl methyl sites for hydroxylation is 2. The van der Waals surface area contributed by atoms with Crippen LogP contribution >= 0.6 is 11.8 Å². The summed E-state index contributed by atoms with van der Waals surface area (Å²) in [5, 5.41) is 2.72. The summed E-state index contributed by atoms with van der Waals surface area (Å²) in [5.74, 6) is -0.459. The van der Waals surface area contributed by atoms with E-state index in [9.17, 15) is 21.6 Å². The van der Waals surface area contributed by atoms with Gasteiger partial charge in [-0.25, -0.2) is 31.5 Å². The molecule has 214 valence electrons. The monoisotopic (exact) mass is 611 g/mol. The predicted octanol–water partition coefficient (Wildman–Crippen LogP) is 5.08. The molecule has 0 saturated carbocycles. The molecule has 0 radical (unpaired) electrons. The third kappa shape index (κ3) is 7.04. The fraction of sp³-hybridized carbons (Fsp3) is 0.179. The van der Waals surface area contributed by atoms with Crippen molar-refractivity contribution in [3.63, 3.8) is 0 Å². The first-order valence-corrected chi connectivity index (χ1v) is 16.6. The van der Waals surface area contributed by atoms with Gasteiger partial charge in [0, 0.05) is 34.1 Å². The van der Waals surface area contributed by atoms with Crippen molar-refractivity contribution in [1.82, 2.24) is 9.97 Å². The molecule has 3 aromatic carbocycles. The molecule has 0 spiro atoms. The molecule has 41 heavy (non-hydrogen) atoms. The van der Waals surface area contributed by atoms with E-state index in [4.69, 9.17) is 0 Å². The summed E-state index contributed by atoms with van der Waals surface area (Å²) in [4.78, 5) is 22.2. The number of nitrogens with one attached hydrogen (secondary N) is 2. The molecule has 0 aliphatic heterocycles. The molecule has 0 bridgehead atoms. The molecule has 1 amide bonds. The Morgan fingerprint density at radius 3 is 1.93 bits per heavy atom. The molecule has 0 saturated heterocycles. The predicted molar refractivity (Wildman–Crippen MR) is 162 cm³/mol. The molecule has 4 aromatic rings. The van der Waals surface area contributed by atoms with E-state index in [1.54, 1.807) is 63.2 Å². The number of benzene rings is 3. The molecule has 10 nitrogen and oxygen atoms in total. The molecule has 0 aliphatic carbocycles. The third-order valence-electron chi connectivity index (χ3n) is 5.98. The minimum absolute atomic E-state index is 0.0217. The number of carbonyl (C=O) groups is 1. The minimum atomic E-state index is -3.94. The summed E-state index contributed by atoms with van der Waals surface area (Å²) in [6.45, 7) is 5.43. The molecule has 0 atom stereocenters. The number of thioether (sulfide) groups is 1. The Morgan fingerprint density at radius 1 is 0.829 bits per heavy atom. The zero-order valence-corrected chi connectivity index (χ0v) is 25.3. The third-order valence-corrected chi connectivity index (χ3v) is 9.99. The molecule has 1 aromatic heterocycles. The van der Waals surface area contributed by atoms with Gasteiger partial charge in [0.1, 0.15) is 0 Å². The molecule has 4 rings (SSSR count). The van der Waals surface area contributed by atoms with Gasteiger partial charge in [0.15, 0.2) is 0 Å². The molecule has 13 heteroatoms. The fourth-order valence-corrected chi connectivity index (χ4v) is 6.84. The van der Waals surface area contributed by atoms with Crippen LogP contribution in [-0.2, 0) is 20.0 Å². The van der Waals surface area contributed by atoms with E-state index in [1.807, 2.05) is 6.26 Å². The number of hydrogen-bond donors (Lipinski definition) is 2. The number of carbonyl (C=O) groups excluding carboxylic acids is 1.